The maximum Gasteiger partial charge on any atom is 0.409 e. The molecule has 2 heterocycles. The highest BCUT2D eigenvalue weighted by atomic mass is 16.6. The molecular weight excluding hydrogens is 264 g/mol. The summed E-state index contributed by atoms with van der Waals surface area (Å²) in [6.45, 7) is 5.05. The van der Waals surface area contributed by atoms with E-state index in [-0.39, 0.29) is 11.7 Å². The average Bonchev–Trinajstić information content (AvgIpc) is 2.88. The number of piperazine rings is 1. The number of ether oxygens (including phenoxy) is 1. The van der Waals surface area contributed by atoms with Crippen LogP contribution < -0.4 is 0 Å². The van der Waals surface area contributed by atoms with Gasteiger partial charge in [0.15, 0.2) is 0 Å². The summed E-state index contributed by atoms with van der Waals surface area (Å²) in [7, 11) is 0. The second kappa shape index (κ2) is 6.42. The van der Waals surface area contributed by atoms with Crippen LogP contribution in [0, 0.1) is 0 Å². The van der Waals surface area contributed by atoms with Crippen LogP contribution in [0.4, 0.5) is 4.79 Å². The fraction of sp³-hybridized carbons (Fsp3) is 0.538. The molecule has 7 heteroatoms. The quantitative estimate of drug-likeness (QED) is 0.895. The lowest BCUT2D eigenvalue weighted by molar-refractivity contribution is 0.0686. The van der Waals surface area contributed by atoms with E-state index in [1.165, 1.54) is 12.3 Å². The van der Waals surface area contributed by atoms with Crippen molar-refractivity contribution in [3.8, 4) is 0 Å². The van der Waals surface area contributed by atoms with Crippen LogP contribution in [0.2, 0.25) is 0 Å². The SMILES string of the molecule is CCOC(=O)N1CCN(Cc2occc2C(=O)O)CC1. The third-order valence-electron chi connectivity index (χ3n) is 3.24. The number of aromatic carboxylic acids is 1. The van der Waals surface area contributed by atoms with Gasteiger partial charge in [0, 0.05) is 26.2 Å². The summed E-state index contributed by atoms with van der Waals surface area (Å²) in [5.74, 6) is -0.541. The van der Waals surface area contributed by atoms with Crippen molar-refractivity contribution in [1.82, 2.24) is 9.80 Å². The summed E-state index contributed by atoms with van der Waals surface area (Å²) in [6, 6.07) is 1.45. The molecule has 1 fully saturated rings. The molecule has 1 aliphatic rings. The van der Waals surface area contributed by atoms with Crippen molar-refractivity contribution in [1.29, 1.82) is 0 Å². The fourth-order valence-corrected chi connectivity index (χ4v) is 2.16. The molecule has 110 valence electrons. The van der Waals surface area contributed by atoms with Gasteiger partial charge in [-0.15, -0.1) is 0 Å². The van der Waals surface area contributed by atoms with Gasteiger partial charge in [-0.1, -0.05) is 0 Å². The van der Waals surface area contributed by atoms with E-state index >= 15 is 0 Å². The van der Waals surface area contributed by atoms with Crippen LogP contribution in [0.1, 0.15) is 23.0 Å². The molecule has 0 unspecified atom stereocenters. The van der Waals surface area contributed by atoms with Crippen LogP contribution in [0.3, 0.4) is 0 Å². The van der Waals surface area contributed by atoms with Crippen LogP contribution in [-0.4, -0.2) is 59.8 Å². The number of carboxylic acids is 1. The highest BCUT2D eigenvalue weighted by molar-refractivity contribution is 5.88. The summed E-state index contributed by atoms with van der Waals surface area (Å²) in [5, 5.41) is 9.01. The summed E-state index contributed by atoms with van der Waals surface area (Å²) in [4.78, 5) is 26.3. The summed E-state index contributed by atoms with van der Waals surface area (Å²) in [5.41, 5.74) is 0.192. The van der Waals surface area contributed by atoms with Gasteiger partial charge >= 0.3 is 12.1 Å². The van der Waals surface area contributed by atoms with Crippen molar-refractivity contribution in [3.63, 3.8) is 0 Å². The highest BCUT2D eigenvalue weighted by Gasteiger charge is 2.24. The van der Waals surface area contributed by atoms with E-state index in [2.05, 4.69) is 4.90 Å². The smallest absolute Gasteiger partial charge is 0.409 e. The Hall–Kier alpha value is -2.02. The van der Waals surface area contributed by atoms with Gasteiger partial charge in [-0.2, -0.15) is 0 Å². The van der Waals surface area contributed by atoms with Crippen LogP contribution in [0.25, 0.3) is 0 Å². The van der Waals surface area contributed by atoms with Crippen molar-refractivity contribution < 1.29 is 23.8 Å². The Morgan fingerprint density at radius 2 is 2.05 bits per heavy atom. The molecule has 1 aromatic rings. The Morgan fingerprint density at radius 3 is 2.65 bits per heavy atom. The van der Waals surface area contributed by atoms with Gasteiger partial charge in [0.1, 0.15) is 11.3 Å². The summed E-state index contributed by atoms with van der Waals surface area (Å²) in [6.07, 6.45) is 1.09. The second-order valence-electron chi connectivity index (χ2n) is 4.52. The molecule has 1 aliphatic heterocycles. The fourth-order valence-electron chi connectivity index (χ4n) is 2.16. The molecule has 1 saturated heterocycles. The van der Waals surface area contributed by atoms with E-state index in [0.717, 1.165) is 0 Å². The predicted molar refractivity (Wildman–Crippen MR) is 69.5 cm³/mol. The van der Waals surface area contributed by atoms with Crippen molar-refractivity contribution in [2.45, 2.75) is 13.5 Å². The number of amides is 1. The van der Waals surface area contributed by atoms with Gasteiger partial charge in [0.2, 0.25) is 0 Å². The zero-order valence-electron chi connectivity index (χ0n) is 11.4. The Kier molecular flexibility index (Phi) is 4.62. The minimum atomic E-state index is -0.987. The molecule has 0 atom stereocenters. The number of carbonyl (C=O) groups is 2. The van der Waals surface area contributed by atoms with Crippen LogP contribution in [0.5, 0.6) is 0 Å². The normalized spacial score (nSPS) is 16.1. The van der Waals surface area contributed by atoms with E-state index in [1.807, 2.05) is 0 Å². The van der Waals surface area contributed by atoms with Gasteiger partial charge in [0.05, 0.1) is 19.4 Å². The summed E-state index contributed by atoms with van der Waals surface area (Å²) >= 11 is 0. The average molecular weight is 282 g/mol. The van der Waals surface area contributed by atoms with E-state index < -0.39 is 5.97 Å². The van der Waals surface area contributed by atoms with Crippen molar-refractivity contribution >= 4 is 12.1 Å². The van der Waals surface area contributed by atoms with E-state index in [1.54, 1.807) is 11.8 Å². The zero-order chi connectivity index (χ0) is 14.5. The molecular formula is C13H18N2O5. The Labute approximate surface area is 116 Å². The lowest BCUT2D eigenvalue weighted by Crippen LogP contribution is -2.48. The largest absolute Gasteiger partial charge is 0.478 e. The number of rotatable bonds is 4. The molecule has 0 saturated carbocycles. The van der Waals surface area contributed by atoms with Gasteiger partial charge in [-0.3, -0.25) is 4.90 Å². The van der Waals surface area contributed by atoms with Crippen molar-refractivity contribution in [3.05, 3.63) is 23.7 Å². The molecule has 0 aliphatic carbocycles. The third kappa shape index (κ3) is 3.30. The van der Waals surface area contributed by atoms with Gasteiger partial charge in [-0.05, 0) is 13.0 Å². The molecule has 7 nitrogen and oxygen atoms in total. The molecule has 20 heavy (non-hydrogen) atoms. The first-order valence-corrected chi connectivity index (χ1v) is 6.55. The molecule has 1 aromatic heterocycles. The number of hydrogen-bond donors (Lipinski definition) is 1. The maximum atomic E-state index is 11.6. The Balaban J connectivity index is 1.87. The topological polar surface area (TPSA) is 83.2 Å². The Bertz CT molecular complexity index is 477. The van der Waals surface area contributed by atoms with Crippen molar-refractivity contribution in [2.75, 3.05) is 32.8 Å². The maximum absolute atomic E-state index is 11.6. The third-order valence-corrected chi connectivity index (χ3v) is 3.24. The molecule has 1 amide bonds. The molecule has 1 N–H and O–H groups in total. The first-order valence-electron chi connectivity index (χ1n) is 6.55. The second-order valence-corrected chi connectivity index (χ2v) is 4.52. The number of furan rings is 1. The van der Waals surface area contributed by atoms with Crippen LogP contribution in [-0.2, 0) is 11.3 Å². The molecule has 0 radical (unpaired) electrons. The molecule has 0 bridgehead atoms. The predicted octanol–water partition coefficient (Wildman–Crippen LogP) is 1.25. The van der Waals surface area contributed by atoms with E-state index in [0.29, 0.717) is 45.1 Å². The van der Waals surface area contributed by atoms with Gasteiger partial charge in [0.25, 0.3) is 0 Å². The number of carboxylic acid groups (broad SMARTS) is 1. The first kappa shape index (κ1) is 14.4. The lowest BCUT2D eigenvalue weighted by Gasteiger charge is -2.33. The summed E-state index contributed by atoms with van der Waals surface area (Å²) < 4.78 is 10.2. The van der Waals surface area contributed by atoms with E-state index in [9.17, 15) is 9.59 Å². The first-order chi connectivity index (χ1) is 9.61. The minimum absolute atomic E-state index is 0.192. The number of carbonyl (C=O) groups excluding carboxylic acids is 1. The monoisotopic (exact) mass is 282 g/mol. The lowest BCUT2D eigenvalue weighted by atomic mass is 10.2. The number of nitrogens with zero attached hydrogens (tertiary/aromatic N) is 2. The van der Waals surface area contributed by atoms with Crippen molar-refractivity contribution in [2.24, 2.45) is 0 Å². The number of hydrogen-bond acceptors (Lipinski definition) is 5. The van der Waals surface area contributed by atoms with Gasteiger partial charge < -0.3 is 19.2 Å². The minimum Gasteiger partial charge on any atom is -0.478 e. The zero-order valence-corrected chi connectivity index (χ0v) is 11.4. The standard InChI is InChI=1S/C13H18N2O5/c1-2-19-13(18)15-6-4-14(5-7-15)9-11-10(12(16)17)3-8-20-11/h3,8H,2,4-7,9H2,1H3,(H,16,17). The molecule has 0 spiro atoms. The molecule has 0 aromatic carbocycles. The molecule has 2 rings (SSSR count). The van der Waals surface area contributed by atoms with E-state index in [4.69, 9.17) is 14.3 Å². The van der Waals surface area contributed by atoms with Crippen LogP contribution >= 0.6 is 0 Å². The van der Waals surface area contributed by atoms with Gasteiger partial charge in [-0.25, -0.2) is 9.59 Å². The Morgan fingerprint density at radius 1 is 1.35 bits per heavy atom. The highest BCUT2D eigenvalue weighted by Crippen LogP contribution is 2.15. The van der Waals surface area contributed by atoms with Crippen LogP contribution in [0.15, 0.2) is 16.7 Å².